The van der Waals surface area contributed by atoms with Gasteiger partial charge in [-0.1, -0.05) is 37.3 Å². The van der Waals surface area contributed by atoms with Crippen LogP contribution in [-0.4, -0.2) is 55.3 Å². The van der Waals surface area contributed by atoms with Crippen LogP contribution in [0.15, 0.2) is 54.6 Å². The fourth-order valence-corrected chi connectivity index (χ4v) is 3.30. The lowest BCUT2D eigenvalue weighted by Gasteiger charge is -2.31. The van der Waals surface area contributed by atoms with Gasteiger partial charge in [-0.15, -0.1) is 0 Å². The van der Waals surface area contributed by atoms with Crippen LogP contribution in [0.4, 0.5) is 0 Å². The molecule has 0 bridgehead atoms. The van der Waals surface area contributed by atoms with Crippen molar-refractivity contribution in [2.24, 2.45) is 0 Å². The quantitative estimate of drug-likeness (QED) is 0.484. The predicted molar refractivity (Wildman–Crippen MR) is 109 cm³/mol. The molecule has 0 aliphatic rings. The van der Waals surface area contributed by atoms with E-state index in [0.717, 1.165) is 23.9 Å². The van der Waals surface area contributed by atoms with Crippen molar-refractivity contribution in [3.05, 3.63) is 65.7 Å². The van der Waals surface area contributed by atoms with Gasteiger partial charge in [-0.25, -0.2) is 0 Å². The van der Waals surface area contributed by atoms with Crippen LogP contribution in [0.1, 0.15) is 35.7 Å². The molecule has 0 heterocycles. The number of aliphatic hydroxyl groups excluding tert-OH is 1. The maximum Gasteiger partial charge on any atom is 0.163 e. The van der Waals surface area contributed by atoms with E-state index in [1.807, 2.05) is 30.3 Å². The molecule has 27 heavy (non-hydrogen) atoms. The number of carbonyl (C=O) groups excluding carboxylic acids is 1. The van der Waals surface area contributed by atoms with Gasteiger partial charge in [0.1, 0.15) is 25.0 Å². The van der Waals surface area contributed by atoms with Crippen LogP contribution in [0.5, 0.6) is 5.75 Å². The summed E-state index contributed by atoms with van der Waals surface area (Å²) in [7, 11) is 4.23. The highest BCUT2D eigenvalue weighted by atomic mass is 16.5. The zero-order chi connectivity index (χ0) is 19.7. The molecule has 1 atom stereocenters. The number of ketones is 1. The minimum atomic E-state index is -0.515. The highest BCUT2D eigenvalue weighted by Crippen LogP contribution is 2.15. The maximum atomic E-state index is 12.3. The summed E-state index contributed by atoms with van der Waals surface area (Å²) in [5, 5.41) is 10.2. The predicted octanol–water partition coefficient (Wildman–Crippen LogP) is 3.73. The summed E-state index contributed by atoms with van der Waals surface area (Å²) in [4.78, 5) is 12.3. The molecule has 0 aliphatic carbocycles. The lowest BCUT2D eigenvalue weighted by atomic mass is 10.0. The Hall–Kier alpha value is -2.17. The number of hydrogen-bond donors (Lipinski definition) is 1. The lowest BCUT2D eigenvalue weighted by Crippen LogP contribution is -2.47. The Balaban J connectivity index is 1.79. The number of Topliss-reactive ketones (excluding diaryl/α,β-unsaturated/α-hetero) is 1. The van der Waals surface area contributed by atoms with E-state index in [1.165, 1.54) is 5.56 Å². The Kier molecular flexibility index (Phi) is 8.01. The topological polar surface area (TPSA) is 46.5 Å². The molecular formula is C23H32NO3+. The van der Waals surface area contributed by atoms with E-state index in [9.17, 15) is 9.90 Å². The van der Waals surface area contributed by atoms with Gasteiger partial charge < -0.3 is 14.3 Å². The van der Waals surface area contributed by atoms with Gasteiger partial charge in [-0.3, -0.25) is 4.79 Å². The van der Waals surface area contributed by atoms with Crippen molar-refractivity contribution in [1.29, 1.82) is 0 Å². The van der Waals surface area contributed by atoms with Crippen molar-refractivity contribution >= 4 is 5.78 Å². The Morgan fingerprint density at radius 3 is 2.37 bits per heavy atom. The molecule has 0 aliphatic heterocycles. The average Bonchev–Trinajstić information content (AvgIpc) is 2.65. The van der Waals surface area contributed by atoms with Crippen LogP contribution < -0.4 is 4.74 Å². The molecule has 2 aromatic carbocycles. The number of benzene rings is 2. The van der Waals surface area contributed by atoms with Crippen LogP contribution in [0.25, 0.3) is 0 Å². The van der Waals surface area contributed by atoms with Crippen molar-refractivity contribution < 1.29 is 19.1 Å². The van der Waals surface area contributed by atoms with Crippen molar-refractivity contribution in [2.75, 3.05) is 33.8 Å². The van der Waals surface area contributed by atoms with Gasteiger partial charge in [0.15, 0.2) is 5.78 Å². The van der Waals surface area contributed by atoms with Crippen LogP contribution in [0.2, 0.25) is 0 Å². The fourth-order valence-electron chi connectivity index (χ4n) is 3.30. The van der Waals surface area contributed by atoms with Gasteiger partial charge in [0, 0.05) is 12.0 Å². The molecule has 0 radical (unpaired) electrons. The van der Waals surface area contributed by atoms with E-state index in [1.54, 1.807) is 24.3 Å². The third kappa shape index (κ3) is 7.53. The monoisotopic (exact) mass is 370 g/mol. The Morgan fingerprint density at radius 2 is 1.74 bits per heavy atom. The van der Waals surface area contributed by atoms with Gasteiger partial charge in [0.25, 0.3) is 0 Å². The van der Waals surface area contributed by atoms with Crippen molar-refractivity contribution in [3.63, 3.8) is 0 Å². The van der Waals surface area contributed by atoms with Crippen LogP contribution >= 0.6 is 0 Å². The second-order valence-corrected chi connectivity index (χ2v) is 7.74. The minimum absolute atomic E-state index is 0.129. The first-order valence-corrected chi connectivity index (χ1v) is 9.69. The lowest BCUT2D eigenvalue weighted by molar-refractivity contribution is -0.893. The number of carbonyl (C=O) groups is 1. The number of ether oxygens (including phenoxy) is 1. The number of rotatable bonds is 11. The number of aliphatic hydroxyl groups is 1. The molecule has 2 aromatic rings. The zero-order valence-corrected chi connectivity index (χ0v) is 16.7. The zero-order valence-electron chi connectivity index (χ0n) is 16.7. The summed E-state index contributed by atoms with van der Waals surface area (Å²) >= 11 is 0. The first-order chi connectivity index (χ1) is 12.9. The Morgan fingerprint density at radius 1 is 1.07 bits per heavy atom. The maximum absolute atomic E-state index is 12.3. The summed E-state index contributed by atoms with van der Waals surface area (Å²) in [5.74, 6) is 0.804. The minimum Gasteiger partial charge on any atom is -0.491 e. The molecule has 4 heteroatoms. The molecule has 1 N–H and O–H groups in total. The van der Waals surface area contributed by atoms with Gasteiger partial charge in [-0.2, -0.15) is 0 Å². The van der Waals surface area contributed by atoms with Crippen molar-refractivity contribution in [1.82, 2.24) is 0 Å². The molecular weight excluding hydrogens is 338 g/mol. The average molecular weight is 371 g/mol. The first kappa shape index (κ1) is 21.1. The van der Waals surface area contributed by atoms with E-state index in [-0.39, 0.29) is 12.4 Å². The van der Waals surface area contributed by atoms with Gasteiger partial charge in [-0.05, 0) is 42.7 Å². The molecule has 146 valence electrons. The van der Waals surface area contributed by atoms with E-state index in [2.05, 4.69) is 21.0 Å². The molecule has 0 spiro atoms. The second-order valence-electron chi connectivity index (χ2n) is 7.74. The number of aryl methyl sites for hydroxylation is 1. The largest absolute Gasteiger partial charge is 0.491 e. The van der Waals surface area contributed by atoms with E-state index >= 15 is 0 Å². The van der Waals surface area contributed by atoms with Crippen LogP contribution in [-0.2, 0) is 6.42 Å². The smallest absolute Gasteiger partial charge is 0.163 e. The third-order valence-electron chi connectivity index (χ3n) is 4.64. The van der Waals surface area contributed by atoms with Gasteiger partial charge >= 0.3 is 0 Å². The normalized spacial score (nSPS) is 12.6. The molecule has 2 rings (SSSR count). The first-order valence-electron chi connectivity index (χ1n) is 9.69. The number of likely N-dealkylation sites (N-methyl/N-ethyl adjacent to an activating group) is 1. The molecule has 0 saturated carbocycles. The molecule has 0 fully saturated rings. The molecule has 0 saturated heterocycles. The van der Waals surface area contributed by atoms with E-state index in [0.29, 0.717) is 24.3 Å². The van der Waals surface area contributed by atoms with E-state index in [4.69, 9.17) is 4.74 Å². The van der Waals surface area contributed by atoms with Crippen LogP contribution in [0, 0.1) is 0 Å². The Bertz CT molecular complexity index is 695. The summed E-state index contributed by atoms with van der Waals surface area (Å²) in [6.45, 7) is 4.08. The fraction of sp³-hybridized carbons (Fsp3) is 0.435. The third-order valence-corrected chi connectivity index (χ3v) is 4.64. The summed E-state index contributed by atoms with van der Waals surface area (Å²) in [6, 6.07) is 17.2. The highest BCUT2D eigenvalue weighted by molar-refractivity contribution is 5.96. The van der Waals surface area contributed by atoms with Crippen LogP contribution in [0.3, 0.4) is 0 Å². The van der Waals surface area contributed by atoms with Crippen molar-refractivity contribution in [2.45, 2.75) is 32.3 Å². The summed E-state index contributed by atoms with van der Waals surface area (Å²) in [5.41, 5.74) is 1.86. The summed E-state index contributed by atoms with van der Waals surface area (Å²) < 4.78 is 6.46. The number of hydrogen-bond acceptors (Lipinski definition) is 3. The van der Waals surface area contributed by atoms with Crippen molar-refractivity contribution in [3.8, 4) is 5.75 Å². The highest BCUT2D eigenvalue weighted by Gasteiger charge is 2.20. The molecule has 0 aromatic heterocycles. The SMILES string of the molecule is CCC[N+](C)(C)CC(O)COc1ccc(C(=O)CCc2ccccc2)cc1. The second kappa shape index (κ2) is 10.2. The number of quaternary nitrogens is 1. The summed E-state index contributed by atoms with van der Waals surface area (Å²) in [6.07, 6.45) is 1.81. The molecule has 1 unspecified atom stereocenters. The Labute approximate surface area is 163 Å². The van der Waals surface area contributed by atoms with Gasteiger partial charge in [0.2, 0.25) is 0 Å². The number of nitrogens with zero attached hydrogens (tertiary/aromatic N) is 1. The molecule has 0 amide bonds. The molecule has 4 nitrogen and oxygen atoms in total. The van der Waals surface area contributed by atoms with Gasteiger partial charge in [0.05, 0.1) is 20.6 Å². The standard InChI is InChI=1S/C23H32NO3/c1-4-16-24(2,3)17-21(25)18-27-22-13-11-20(12-14-22)23(26)15-10-19-8-6-5-7-9-19/h5-9,11-14,21,25H,4,10,15-18H2,1-3H3/q+1. The van der Waals surface area contributed by atoms with E-state index < -0.39 is 6.10 Å².